The molecule has 0 aliphatic carbocycles. The predicted molar refractivity (Wildman–Crippen MR) is 75.0 cm³/mol. The highest BCUT2D eigenvalue weighted by Crippen LogP contribution is 2.35. The SMILES string of the molecule is CN1CCOC(CN)C1c1ccc(Br)cc1[N+](=O)[O-]. The third-order valence-electron chi connectivity index (χ3n) is 3.34. The van der Waals surface area contributed by atoms with E-state index in [2.05, 4.69) is 20.8 Å². The van der Waals surface area contributed by atoms with Crippen LogP contribution in [0.2, 0.25) is 0 Å². The average Bonchev–Trinajstić information content (AvgIpc) is 2.38. The molecule has 1 aromatic rings. The number of rotatable bonds is 3. The van der Waals surface area contributed by atoms with Gasteiger partial charge in [-0.1, -0.05) is 15.9 Å². The molecule has 0 amide bonds. The Kier molecular flexibility index (Phi) is 4.51. The quantitative estimate of drug-likeness (QED) is 0.674. The number of nitro groups is 1. The molecule has 1 fully saturated rings. The van der Waals surface area contributed by atoms with Crippen LogP contribution in [0.1, 0.15) is 11.6 Å². The van der Waals surface area contributed by atoms with Gasteiger partial charge in [-0.15, -0.1) is 0 Å². The van der Waals surface area contributed by atoms with Crippen LogP contribution in [0.15, 0.2) is 22.7 Å². The molecule has 1 aliphatic heterocycles. The predicted octanol–water partition coefficient (Wildman–Crippen LogP) is 1.69. The zero-order chi connectivity index (χ0) is 14.0. The van der Waals surface area contributed by atoms with Gasteiger partial charge in [0.15, 0.2) is 0 Å². The van der Waals surface area contributed by atoms with Gasteiger partial charge in [-0.2, -0.15) is 0 Å². The highest BCUT2D eigenvalue weighted by atomic mass is 79.9. The highest BCUT2D eigenvalue weighted by Gasteiger charge is 2.34. The standard InChI is InChI=1S/C12H16BrN3O3/c1-15-4-5-19-11(7-14)12(15)9-3-2-8(13)6-10(9)16(17)18/h2-3,6,11-12H,4-5,7,14H2,1H3. The summed E-state index contributed by atoms with van der Waals surface area (Å²) in [5, 5.41) is 11.2. The van der Waals surface area contributed by atoms with Gasteiger partial charge in [0.05, 0.1) is 23.7 Å². The molecule has 1 aromatic carbocycles. The molecule has 0 aromatic heterocycles. The number of morpholine rings is 1. The van der Waals surface area contributed by atoms with Crippen molar-refractivity contribution in [1.82, 2.24) is 4.90 Å². The van der Waals surface area contributed by atoms with Crippen LogP contribution < -0.4 is 5.73 Å². The van der Waals surface area contributed by atoms with E-state index in [0.717, 1.165) is 6.54 Å². The molecule has 2 rings (SSSR count). The Morgan fingerprint density at radius 2 is 2.37 bits per heavy atom. The number of nitro benzene ring substituents is 1. The lowest BCUT2D eigenvalue weighted by Gasteiger charge is -2.38. The summed E-state index contributed by atoms with van der Waals surface area (Å²) in [6.07, 6.45) is -0.223. The molecule has 19 heavy (non-hydrogen) atoms. The maximum Gasteiger partial charge on any atom is 0.275 e. The lowest BCUT2D eigenvalue weighted by molar-refractivity contribution is -0.386. The first-order valence-electron chi connectivity index (χ1n) is 6.00. The number of nitrogens with two attached hydrogens (primary N) is 1. The Balaban J connectivity index is 2.46. The van der Waals surface area contributed by atoms with Crippen molar-refractivity contribution < 1.29 is 9.66 Å². The third kappa shape index (κ3) is 2.94. The van der Waals surface area contributed by atoms with E-state index in [4.69, 9.17) is 10.5 Å². The zero-order valence-electron chi connectivity index (χ0n) is 10.6. The highest BCUT2D eigenvalue weighted by molar-refractivity contribution is 9.10. The second-order valence-electron chi connectivity index (χ2n) is 4.53. The van der Waals surface area contributed by atoms with Crippen molar-refractivity contribution in [1.29, 1.82) is 0 Å². The summed E-state index contributed by atoms with van der Waals surface area (Å²) in [5.41, 5.74) is 6.46. The minimum Gasteiger partial charge on any atom is -0.374 e. The normalized spacial score (nSPS) is 24.4. The minimum absolute atomic E-state index is 0.0928. The number of benzene rings is 1. The summed E-state index contributed by atoms with van der Waals surface area (Å²) in [4.78, 5) is 12.9. The number of hydrogen-bond donors (Lipinski definition) is 1. The van der Waals surface area contributed by atoms with Crippen LogP contribution in [0.5, 0.6) is 0 Å². The van der Waals surface area contributed by atoms with Crippen molar-refractivity contribution in [2.75, 3.05) is 26.7 Å². The van der Waals surface area contributed by atoms with Gasteiger partial charge in [0.25, 0.3) is 5.69 Å². The van der Waals surface area contributed by atoms with Gasteiger partial charge >= 0.3 is 0 Å². The Morgan fingerprint density at radius 3 is 3.00 bits per heavy atom. The van der Waals surface area contributed by atoms with Crippen LogP contribution >= 0.6 is 15.9 Å². The number of nitrogens with zero attached hydrogens (tertiary/aromatic N) is 2. The van der Waals surface area contributed by atoms with E-state index >= 15 is 0 Å². The van der Waals surface area contributed by atoms with Crippen molar-refractivity contribution in [3.63, 3.8) is 0 Å². The molecular weight excluding hydrogens is 314 g/mol. The van der Waals surface area contributed by atoms with Crippen LogP contribution in [0.25, 0.3) is 0 Å². The third-order valence-corrected chi connectivity index (χ3v) is 3.84. The summed E-state index contributed by atoms with van der Waals surface area (Å²) in [6.45, 7) is 1.66. The Hall–Kier alpha value is -1.02. The topological polar surface area (TPSA) is 81.6 Å². The first kappa shape index (κ1) is 14.4. The van der Waals surface area contributed by atoms with Crippen molar-refractivity contribution in [2.24, 2.45) is 5.73 Å². The van der Waals surface area contributed by atoms with Gasteiger partial charge in [-0.25, -0.2) is 0 Å². The van der Waals surface area contributed by atoms with Gasteiger partial charge in [0.1, 0.15) is 0 Å². The smallest absolute Gasteiger partial charge is 0.275 e. The Bertz CT molecular complexity index is 483. The molecular formula is C12H16BrN3O3. The number of halogens is 1. The van der Waals surface area contributed by atoms with E-state index in [1.807, 2.05) is 7.05 Å². The van der Waals surface area contributed by atoms with Gasteiger partial charge in [0.2, 0.25) is 0 Å². The van der Waals surface area contributed by atoms with Crippen LogP contribution in [-0.4, -0.2) is 42.7 Å². The zero-order valence-corrected chi connectivity index (χ0v) is 12.2. The molecule has 2 atom stereocenters. The molecule has 1 heterocycles. The molecule has 7 heteroatoms. The summed E-state index contributed by atoms with van der Waals surface area (Å²) in [7, 11) is 1.93. The van der Waals surface area contributed by atoms with E-state index in [0.29, 0.717) is 23.2 Å². The average molecular weight is 330 g/mol. The van der Waals surface area contributed by atoms with Gasteiger partial charge < -0.3 is 10.5 Å². The van der Waals surface area contributed by atoms with Gasteiger partial charge in [0, 0.05) is 29.2 Å². The second kappa shape index (κ2) is 5.96. The molecule has 0 radical (unpaired) electrons. The van der Waals surface area contributed by atoms with E-state index in [1.54, 1.807) is 12.1 Å². The first-order valence-corrected chi connectivity index (χ1v) is 6.79. The van der Waals surface area contributed by atoms with Crippen molar-refractivity contribution in [3.05, 3.63) is 38.3 Å². The Morgan fingerprint density at radius 1 is 1.63 bits per heavy atom. The van der Waals surface area contributed by atoms with E-state index < -0.39 is 0 Å². The molecule has 1 saturated heterocycles. The van der Waals surface area contributed by atoms with Crippen molar-refractivity contribution in [3.8, 4) is 0 Å². The molecule has 104 valence electrons. The van der Waals surface area contributed by atoms with Crippen LogP contribution in [0.3, 0.4) is 0 Å². The molecule has 2 unspecified atom stereocenters. The van der Waals surface area contributed by atoms with E-state index in [-0.39, 0.29) is 22.8 Å². The first-order chi connectivity index (χ1) is 9.04. The largest absolute Gasteiger partial charge is 0.374 e. The second-order valence-corrected chi connectivity index (χ2v) is 5.45. The maximum absolute atomic E-state index is 11.2. The minimum atomic E-state index is -0.365. The molecule has 0 saturated carbocycles. The molecule has 2 N–H and O–H groups in total. The van der Waals surface area contributed by atoms with Gasteiger partial charge in [-0.3, -0.25) is 15.0 Å². The maximum atomic E-state index is 11.2. The fraction of sp³-hybridized carbons (Fsp3) is 0.500. The molecule has 6 nitrogen and oxygen atoms in total. The van der Waals surface area contributed by atoms with E-state index in [9.17, 15) is 10.1 Å². The molecule has 1 aliphatic rings. The molecule has 0 spiro atoms. The van der Waals surface area contributed by atoms with Crippen molar-refractivity contribution in [2.45, 2.75) is 12.1 Å². The number of likely N-dealkylation sites (N-methyl/N-ethyl adjacent to an activating group) is 1. The summed E-state index contributed by atoms with van der Waals surface area (Å²) in [5.74, 6) is 0. The number of ether oxygens (including phenoxy) is 1. The van der Waals surface area contributed by atoms with Crippen molar-refractivity contribution >= 4 is 21.6 Å². The molecule has 0 bridgehead atoms. The van der Waals surface area contributed by atoms with Crippen LogP contribution in [-0.2, 0) is 4.74 Å². The fourth-order valence-corrected chi connectivity index (χ4v) is 2.77. The lowest BCUT2D eigenvalue weighted by atomic mass is 9.97. The van der Waals surface area contributed by atoms with E-state index in [1.165, 1.54) is 6.07 Å². The summed E-state index contributed by atoms with van der Waals surface area (Å²) < 4.78 is 6.32. The lowest BCUT2D eigenvalue weighted by Crippen LogP contribution is -2.46. The summed E-state index contributed by atoms with van der Waals surface area (Å²) in [6, 6.07) is 4.90. The fourth-order valence-electron chi connectivity index (χ4n) is 2.42. The monoisotopic (exact) mass is 329 g/mol. The Labute approximate surface area is 119 Å². The van der Waals surface area contributed by atoms with Crippen LogP contribution in [0.4, 0.5) is 5.69 Å². The van der Waals surface area contributed by atoms with Crippen LogP contribution in [0, 0.1) is 10.1 Å². The summed E-state index contributed by atoms with van der Waals surface area (Å²) >= 11 is 3.26. The van der Waals surface area contributed by atoms with Gasteiger partial charge in [-0.05, 0) is 19.2 Å². The number of hydrogen-bond acceptors (Lipinski definition) is 5.